The first-order valence-electron chi connectivity index (χ1n) is 6.84. The van der Waals surface area contributed by atoms with Crippen LogP contribution in [-0.4, -0.2) is 18.2 Å². The lowest BCUT2D eigenvalue weighted by molar-refractivity contribution is 0.167. The van der Waals surface area contributed by atoms with Crippen LogP contribution < -0.4 is 5.32 Å². The van der Waals surface area contributed by atoms with E-state index in [0.29, 0.717) is 0 Å². The molecule has 2 nitrogen and oxygen atoms in total. The molecule has 2 aromatic rings. The molecule has 0 saturated carbocycles. The van der Waals surface area contributed by atoms with E-state index in [9.17, 15) is 5.11 Å². The van der Waals surface area contributed by atoms with Crippen LogP contribution in [0.1, 0.15) is 23.7 Å². The molecule has 2 rings (SSSR count). The summed E-state index contributed by atoms with van der Waals surface area (Å²) in [6.45, 7) is 1.79. The maximum absolute atomic E-state index is 10.00. The van der Waals surface area contributed by atoms with Crippen molar-refractivity contribution in [2.24, 2.45) is 0 Å². The van der Waals surface area contributed by atoms with Crippen molar-refractivity contribution in [2.45, 2.75) is 18.9 Å². The first-order valence-corrected chi connectivity index (χ1v) is 6.84. The summed E-state index contributed by atoms with van der Waals surface area (Å²) < 4.78 is 0. The summed E-state index contributed by atoms with van der Waals surface area (Å²) in [5.74, 6) is 0. The lowest BCUT2D eigenvalue weighted by Gasteiger charge is -2.11. The third kappa shape index (κ3) is 4.86. The molecule has 0 aliphatic heterocycles. The molecule has 2 N–H and O–H groups in total. The van der Waals surface area contributed by atoms with E-state index >= 15 is 0 Å². The number of aliphatic hydroxyl groups is 1. The molecule has 100 valence electrons. The Bertz CT molecular complexity index is 455. The quantitative estimate of drug-likeness (QED) is 0.746. The lowest BCUT2D eigenvalue weighted by atomic mass is 10.1. The molecule has 1 unspecified atom stereocenters. The van der Waals surface area contributed by atoms with Gasteiger partial charge in [-0.25, -0.2) is 0 Å². The molecule has 0 aliphatic rings. The number of aliphatic hydroxyl groups excluding tert-OH is 1. The summed E-state index contributed by atoms with van der Waals surface area (Å²) in [4.78, 5) is 0. The Morgan fingerprint density at radius 2 is 1.47 bits per heavy atom. The Morgan fingerprint density at radius 1 is 0.842 bits per heavy atom. The predicted molar refractivity (Wildman–Crippen MR) is 79.0 cm³/mol. The van der Waals surface area contributed by atoms with Gasteiger partial charge in [0.05, 0.1) is 6.10 Å². The van der Waals surface area contributed by atoms with Crippen molar-refractivity contribution in [1.29, 1.82) is 0 Å². The molecular formula is C17H21NO. The van der Waals surface area contributed by atoms with Gasteiger partial charge in [0.2, 0.25) is 0 Å². The summed E-state index contributed by atoms with van der Waals surface area (Å²) in [7, 11) is 0. The second-order valence-electron chi connectivity index (χ2n) is 4.70. The van der Waals surface area contributed by atoms with Crippen LogP contribution in [0.3, 0.4) is 0 Å². The van der Waals surface area contributed by atoms with Crippen molar-refractivity contribution in [1.82, 2.24) is 5.32 Å². The van der Waals surface area contributed by atoms with Crippen LogP contribution in [-0.2, 0) is 6.42 Å². The second-order valence-corrected chi connectivity index (χ2v) is 4.70. The Labute approximate surface area is 115 Å². The van der Waals surface area contributed by atoms with Crippen molar-refractivity contribution in [3.63, 3.8) is 0 Å². The monoisotopic (exact) mass is 255 g/mol. The SMILES string of the molecule is OC(CCNCCc1ccccc1)c1ccccc1. The van der Waals surface area contributed by atoms with Crippen LogP contribution in [0.2, 0.25) is 0 Å². The van der Waals surface area contributed by atoms with E-state index in [1.165, 1.54) is 5.56 Å². The molecule has 2 heteroatoms. The van der Waals surface area contributed by atoms with Crippen molar-refractivity contribution < 1.29 is 5.11 Å². The standard InChI is InChI=1S/C17H21NO/c19-17(16-9-5-2-6-10-16)12-14-18-13-11-15-7-3-1-4-8-15/h1-10,17-19H,11-14H2. The Morgan fingerprint density at radius 3 is 2.16 bits per heavy atom. The summed E-state index contributed by atoms with van der Waals surface area (Å²) in [6.07, 6.45) is 1.41. The summed E-state index contributed by atoms with van der Waals surface area (Å²) in [5, 5.41) is 13.4. The minimum atomic E-state index is -0.370. The summed E-state index contributed by atoms with van der Waals surface area (Å²) in [6, 6.07) is 20.3. The maximum atomic E-state index is 10.00. The van der Waals surface area contributed by atoms with Gasteiger partial charge in [0, 0.05) is 0 Å². The van der Waals surface area contributed by atoms with Gasteiger partial charge in [0.1, 0.15) is 0 Å². The van der Waals surface area contributed by atoms with Gasteiger partial charge in [-0.3, -0.25) is 0 Å². The highest BCUT2D eigenvalue weighted by Gasteiger charge is 2.05. The van der Waals surface area contributed by atoms with E-state index in [2.05, 4.69) is 29.6 Å². The molecule has 0 bridgehead atoms. The van der Waals surface area contributed by atoms with E-state index in [-0.39, 0.29) is 6.10 Å². The molecule has 0 spiro atoms. The van der Waals surface area contributed by atoms with Crippen LogP contribution in [0.25, 0.3) is 0 Å². The normalized spacial score (nSPS) is 12.3. The summed E-state index contributed by atoms with van der Waals surface area (Å²) in [5.41, 5.74) is 2.34. The van der Waals surface area contributed by atoms with Gasteiger partial charge >= 0.3 is 0 Å². The molecule has 0 saturated heterocycles. The van der Waals surface area contributed by atoms with Gasteiger partial charge in [-0.2, -0.15) is 0 Å². The van der Waals surface area contributed by atoms with Crippen LogP contribution in [0.4, 0.5) is 0 Å². The zero-order valence-corrected chi connectivity index (χ0v) is 11.1. The highest BCUT2D eigenvalue weighted by Crippen LogP contribution is 2.14. The maximum Gasteiger partial charge on any atom is 0.0802 e. The average Bonchev–Trinajstić information content (AvgIpc) is 2.49. The topological polar surface area (TPSA) is 32.3 Å². The Hall–Kier alpha value is -1.64. The fourth-order valence-electron chi connectivity index (χ4n) is 2.08. The number of nitrogens with one attached hydrogen (secondary N) is 1. The fraction of sp³-hybridized carbons (Fsp3) is 0.294. The van der Waals surface area contributed by atoms with Crippen LogP contribution in [0.5, 0.6) is 0 Å². The molecule has 0 radical (unpaired) electrons. The number of rotatable bonds is 7. The van der Waals surface area contributed by atoms with Crippen molar-refractivity contribution >= 4 is 0 Å². The smallest absolute Gasteiger partial charge is 0.0802 e. The third-order valence-corrected chi connectivity index (χ3v) is 3.21. The Kier molecular flexibility index (Phi) is 5.60. The third-order valence-electron chi connectivity index (χ3n) is 3.21. The largest absolute Gasteiger partial charge is 0.388 e. The zero-order valence-electron chi connectivity index (χ0n) is 11.1. The number of benzene rings is 2. The molecule has 0 amide bonds. The minimum Gasteiger partial charge on any atom is -0.388 e. The molecule has 19 heavy (non-hydrogen) atoms. The molecule has 0 aromatic heterocycles. The van der Waals surface area contributed by atoms with Gasteiger partial charge < -0.3 is 10.4 Å². The van der Waals surface area contributed by atoms with E-state index in [1.807, 2.05) is 36.4 Å². The van der Waals surface area contributed by atoms with E-state index < -0.39 is 0 Å². The zero-order chi connectivity index (χ0) is 13.3. The van der Waals surface area contributed by atoms with Crippen LogP contribution in [0, 0.1) is 0 Å². The van der Waals surface area contributed by atoms with E-state index in [4.69, 9.17) is 0 Å². The molecule has 2 aromatic carbocycles. The van der Waals surface area contributed by atoms with Gasteiger partial charge in [0.15, 0.2) is 0 Å². The molecule has 1 atom stereocenters. The van der Waals surface area contributed by atoms with Gasteiger partial charge in [0.25, 0.3) is 0 Å². The van der Waals surface area contributed by atoms with E-state index in [0.717, 1.165) is 31.5 Å². The van der Waals surface area contributed by atoms with Gasteiger partial charge in [-0.1, -0.05) is 60.7 Å². The second kappa shape index (κ2) is 7.72. The Balaban J connectivity index is 1.62. The number of hydrogen-bond acceptors (Lipinski definition) is 2. The average molecular weight is 255 g/mol. The number of hydrogen-bond donors (Lipinski definition) is 2. The van der Waals surface area contributed by atoms with Crippen LogP contribution in [0.15, 0.2) is 60.7 Å². The first kappa shape index (κ1) is 13.8. The lowest BCUT2D eigenvalue weighted by Crippen LogP contribution is -2.20. The summed E-state index contributed by atoms with van der Waals surface area (Å²) >= 11 is 0. The van der Waals surface area contributed by atoms with Crippen LogP contribution >= 0.6 is 0 Å². The van der Waals surface area contributed by atoms with E-state index in [1.54, 1.807) is 0 Å². The van der Waals surface area contributed by atoms with Gasteiger partial charge in [-0.15, -0.1) is 0 Å². The van der Waals surface area contributed by atoms with Crippen molar-refractivity contribution in [3.8, 4) is 0 Å². The predicted octanol–water partition coefficient (Wildman–Crippen LogP) is 2.94. The van der Waals surface area contributed by atoms with Crippen molar-refractivity contribution in [2.75, 3.05) is 13.1 Å². The molecular weight excluding hydrogens is 234 g/mol. The molecule has 0 aliphatic carbocycles. The minimum absolute atomic E-state index is 0.370. The van der Waals surface area contributed by atoms with Crippen molar-refractivity contribution in [3.05, 3.63) is 71.8 Å². The first-order chi connectivity index (χ1) is 9.36. The molecule has 0 heterocycles. The highest BCUT2D eigenvalue weighted by molar-refractivity contribution is 5.17. The highest BCUT2D eigenvalue weighted by atomic mass is 16.3. The van der Waals surface area contributed by atoms with Gasteiger partial charge in [-0.05, 0) is 37.1 Å². The molecule has 0 fully saturated rings. The fourth-order valence-corrected chi connectivity index (χ4v) is 2.08.